The highest BCUT2D eigenvalue weighted by Gasteiger charge is 2.21. The topological polar surface area (TPSA) is 118 Å². The first-order valence-electron chi connectivity index (χ1n) is 16.1. The molecule has 0 amide bonds. The number of carbonyl (C=O) groups is 3. The van der Waals surface area contributed by atoms with Crippen LogP contribution in [0.5, 0.6) is 17.2 Å². The Morgan fingerprint density at radius 3 is 0.926 bits per heavy atom. The van der Waals surface area contributed by atoms with Gasteiger partial charge in [0.1, 0.15) is 17.2 Å². The highest BCUT2D eigenvalue weighted by atomic mass is 79.9. The average Bonchev–Trinajstić information content (AvgIpc) is 3.18. The van der Waals surface area contributed by atoms with Gasteiger partial charge < -0.3 is 14.2 Å². The predicted octanol–water partition coefficient (Wildman–Crippen LogP) is 10.8. The van der Waals surface area contributed by atoms with Gasteiger partial charge in [0, 0.05) is 30.1 Å². The van der Waals surface area contributed by atoms with Gasteiger partial charge in [-0.05, 0) is 91.0 Å². The van der Waals surface area contributed by atoms with Crippen LogP contribution in [0.1, 0.15) is 31.1 Å². The Kier molecular flexibility index (Phi) is 11.1. The minimum absolute atomic E-state index is 0.0984. The van der Waals surface area contributed by atoms with Gasteiger partial charge in [-0.1, -0.05) is 84.2 Å². The van der Waals surface area contributed by atoms with Gasteiger partial charge in [-0.15, -0.1) is 0 Å². The van der Waals surface area contributed by atoms with E-state index in [4.69, 9.17) is 14.2 Å². The summed E-state index contributed by atoms with van der Waals surface area (Å²) in [6.45, 7) is 0. The molecule has 0 fully saturated rings. The summed E-state index contributed by atoms with van der Waals surface area (Å²) in [6.07, 6.45) is 4.24. The number of carbonyl (C=O) groups excluding carboxylic acids is 3. The van der Waals surface area contributed by atoms with Crippen LogP contribution in [0.25, 0.3) is 33.8 Å². The summed E-state index contributed by atoms with van der Waals surface area (Å²) >= 11 is 10.4. The number of benzene rings is 4. The molecule has 0 unspecified atom stereocenters. The Morgan fingerprint density at radius 1 is 0.389 bits per heavy atom. The van der Waals surface area contributed by atoms with E-state index in [1.165, 1.54) is 36.8 Å². The molecule has 54 heavy (non-hydrogen) atoms. The van der Waals surface area contributed by atoms with Gasteiger partial charge in [0.15, 0.2) is 0 Å². The predicted molar refractivity (Wildman–Crippen MR) is 213 cm³/mol. The van der Waals surface area contributed by atoms with Crippen LogP contribution < -0.4 is 14.2 Å². The van der Waals surface area contributed by atoms with Gasteiger partial charge in [-0.25, -0.2) is 14.4 Å². The highest BCUT2D eigenvalue weighted by Crippen LogP contribution is 2.27. The Balaban J connectivity index is 1.13. The largest absolute Gasteiger partial charge is 0.421 e. The minimum Gasteiger partial charge on any atom is -0.421 e. The summed E-state index contributed by atoms with van der Waals surface area (Å²) in [6, 6.07) is 36.6. The zero-order chi connectivity index (χ0) is 37.6. The molecule has 0 saturated carbocycles. The fourth-order valence-corrected chi connectivity index (χ4v) is 6.45. The Bertz CT molecular complexity index is 2220. The quantitative estimate of drug-likeness (QED) is 0.131. The first-order valence-corrected chi connectivity index (χ1v) is 18.5. The molecule has 0 saturated heterocycles. The molecule has 264 valence electrons. The lowest BCUT2D eigenvalue weighted by atomic mass is 10.1. The summed E-state index contributed by atoms with van der Waals surface area (Å²) in [5, 5.41) is 0. The summed E-state index contributed by atoms with van der Waals surface area (Å²) in [7, 11) is 0. The van der Waals surface area contributed by atoms with E-state index in [0.717, 1.165) is 30.1 Å². The van der Waals surface area contributed by atoms with E-state index in [9.17, 15) is 14.4 Å². The molecule has 0 radical (unpaired) electrons. The Labute approximate surface area is 334 Å². The molecule has 0 atom stereocenters. The normalized spacial score (nSPS) is 10.7. The third-order valence-corrected chi connectivity index (χ3v) is 9.32. The smallest absolute Gasteiger partial charge is 0.343 e. The van der Waals surface area contributed by atoms with Crippen LogP contribution in [-0.4, -0.2) is 32.9 Å². The van der Waals surface area contributed by atoms with Crippen LogP contribution in [0, 0.1) is 0 Å². The van der Waals surface area contributed by atoms with Gasteiger partial charge in [0.2, 0.25) is 0 Å². The summed E-state index contributed by atoms with van der Waals surface area (Å²) in [5.74, 6) is -2.04. The van der Waals surface area contributed by atoms with Crippen molar-refractivity contribution < 1.29 is 28.6 Å². The molecular weight excluding hydrogens is 882 g/mol. The highest BCUT2D eigenvalue weighted by molar-refractivity contribution is 9.11. The molecule has 0 aliphatic rings. The standard InChI is InChI=1S/C42H24Br3N3O6/c43-31-7-1-4-25(19-31)37-13-10-34(22-46-37)52-40(49)28-16-29(41(50)53-35-11-14-38(47-23-35)26-5-2-8-32(44)20-26)18-30(17-28)42(51)54-36-12-15-39(48-24-36)27-6-3-9-33(45)21-27/h1-24H. The fraction of sp³-hybridized carbons (Fsp3) is 0. The van der Waals surface area contributed by atoms with Gasteiger partial charge in [-0.2, -0.15) is 0 Å². The number of pyridine rings is 3. The van der Waals surface area contributed by atoms with Gasteiger partial charge in [0.25, 0.3) is 0 Å². The van der Waals surface area contributed by atoms with E-state index in [1.54, 1.807) is 36.4 Å². The van der Waals surface area contributed by atoms with E-state index in [2.05, 4.69) is 62.7 Å². The van der Waals surface area contributed by atoms with Crippen molar-refractivity contribution >= 4 is 65.7 Å². The van der Waals surface area contributed by atoms with Crippen molar-refractivity contribution in [1.82, 2.24) is 15.0 Å². The van der Waals surface area contributed by atoms with Crippen LogP contribution in [0.2, 0.25) is 0 Å². The minimum atomic E-state index is -0.837. The fourth-order valence-electron chi connectivity index (χ4n) is 5.26. The Morgan fingerprint density at radius 2 is 0.685 bits per heavy atom. The number of nitrogens with zero attached hydrogens (tertiary/aromatic N) is 3. The van der Waals surface area contributed by atoms with Crippen molar-refractivity contribution in [2.75, 3.05) is 0 Å². The molecule has 3 heterocycles. The summed E-state index contributed by atoms with van der Waals surface area (Å²) in [5.41, 5.74) is 4.32. The van der Waals surface area contributed by atoms with Crippen molar-refractivity contribution in [2.24, 2.45) is 0 Å². The number of esters is 3. The molecule has 9 nitrogen and oxygen atoms in total. The van der Waals surface area contributed by atoms with Crippen molar-refractivity contribution in [3.8, 4) is 51.0 Å². The number of halogens is 3. The second-order valence-electron chi connectivity index (χ2n) is 11.6. The summed E-state index contributed by atoms with van der Waals surface area (Å²) in [4.78, 5) is 53.7. The molecule has 0 aliphatic carbocycles. The number of hydrogen-bond donors (Lipinski definition) is 0. The van der Waals surface area contributed by atoms with Crippen LogP contribution in [0.3, 0.4) is 0 Å². The maximum atomic E-state index is 13.5. The zero-order valence-electron chi connectivity index (χ0n) is 27.8. The zero-order valence-corrected chi connectivity index (χ0v) is 32.5. The molecule has 0 spiro atoms. The average molecular weight is 906 g/mol. The van der Waals surface area contributed by atoms with Crippen LogP contribution >= 0.6 is 47.8 Å². The lowest BCUT2D eigenvalue weighted by molar-refractivity contribution is 0.0734. The molecule has 0 N–H and O–H groups in total. The van der Waals surface area contributed by atoms with Crippen LogP contribution in [-0.2, 0) is 0 Å². The van der Waals surface area contributed by atoms with E-state index >= 15 is 0 Å². The van der Waals surface area contributed by atoms with Gasteiger partial charge in [-0.3, -0.25) is 15.0 Å². The summed E-state index contributed by atoms with van der Waals surface area (Å²) < 4.78 is 19.5. The molecular formula is C42H24Br3N3O6. The lowest BCUT2D eigenvalue weighted by Crippen LogP contribution is -2.17. The van der Waals surface area contributed by atoms with Crippen molar-refractivity contribution in [2.45, 2.75) is 0 Å². The maximum absolute atomic E-state index is 13.5. The van der Waals surface area contributed by atoms with E-state index in [-0.39, 0.29) is 33.9 Å². The monoisotopic (exact) mass is 903 g/mol. The van der Waals surface area contributed by atoms with E-state index < -0.39 is 17.9 Å². The van der Waals surface area contributed by atoms with Crippen molar-refractivity contribution in [1.29, 1.82) is 0 Å². The molecule has 3 aromatic heterocycles. The first kappa shape index (κ1) is 36.5. The van der Waals surface area contributed by atoms with Crippen LogP contribution in [0.4, 0.5) is 0 Å². The molecule has 0 bridgehead atoms. The van der Waals surface area contributed by atoms with E-state index in [0.29, 0.717) is 17.1 Å². The molecule has 0 aliphatic heterocycles. The second-order valence-corrected chi connectivity index (χ2v) is 14.4. The maximum Gasteiger partial charge on any atom is 0.343 e. The lowest BCUT2D eigenvalue weighted by Gasteiger charge is -2.11. The van der Waals surface area contributed by atoms with Crippen LogP contribution in [0.15, 0.2) is 159 Å². The van der Waals surface area contributed by atoms with Crippen molar-refractivity contribution in [3.63, 3.8) is 0 Å². The third kappa shape index (κ3) is 9.03. The molecule has 4 aromatic carbocycles. The molecule has 7 rings (SSSR count). The van der Waals surface area contributed by atoms with Gasteiger partial charge >= 0.3 is 17.9 Å². The number of hydrogen-bond acceptors (Lipinski definition) is 9. The molecule has 7 aromatic rings. The van der Waals surface area contributed by atoms with Crippen molar-refractivity contribution in [3.05, 3.63) is 176 Å². The molecule has 12 heteroatoms. The number of aromatic nitrogens is 3. The SMILES string of the molecule is O=C(Oc1ccc(-c2cccc(Br)c2)nc1)c1cc(C(=O)Oc2ccc(-c3cccc(Br)c3)nc2)cc(C(=O)Oc2ccc(-c3cccc(Br)c3)nc2)c1. The Hall–Kier alpha value is -5.82. The van der Waals surface area contributed by atoms with E-state index in [1.807, 2.05) is 72.8 Å². The second kappa shape index (κ2) is 16.5. The number of ether oxygens (including phenoxy) is 3. The van der Waals surface area contributed by atoms with Gasteiger partial charge in [0.05, 0.1) is 52.4 Å². The third-order valence-electron chi connectivity index (χ3n) is 7.84. The number of rotatable bonds is 9. The first-order chi connectivity index (χ1) is 26.2.